The highest BCUT2D eigenvalue weighted by atomic mass is 14.2. The third-order valence-corrected chi connectivity index (χ3v) is 1.15. The van der Waals surface area contributed by atoms with Crippen LogP contribution in [0.1, 0.15) is 13.8 Å². The number of nitrogens with zero attached hydrogens (tertiary/aromatic N) is 1. The van der Waals surface area contributed by atoms with E-state index in [1.807, 2.05) is 38.1 Å². The maximum Gasteiger partial charge on any atom is 0.0988 e. The molecule has 0 aliphatic rings. The molecule has 52 valence electrons. The highest BCUT2D eigenvalue weighted by Gasteiger charge is 1.89. The predicted octanol–water partition coefficient (Wildman–Crippen LogP) is 2.59. The lowest BCUT2D eigenvalue weighted by atomic mass is 10.1. The molecule has 0 N–H and O–H groups in total. The molecule has 1 heteroatoms. The lowest BCUT2D eigenvalue weighted by molar-refractivity contribution is 1.41. The number of allylic oxidation sites excluding steroid dienone is 5. The molecule has 0 aromatic carbocycles. The molecule has 0 saturated carbocycles. The monoisotopic (exact) mass is 133 g/mol. The molecule has 0 saturated heterocycles. The van der Waals surface area contributed by atoms with Crippen LogP contribution in [-0.4, -0.2) is 0 Å². The second-order valence-electron chi connectivity index (χ2n) is 1.97. The van der Waals surface area contributed by atoms with E-state index in [0.717, 1.165) is 5.57 Å². The highest BCUT2D eigenvalue weighted by Crippen LogP contribution is 2.03. The fraction of sp³-hybridized carbons (Fsp3) is 0.222. The van der Waals surface area contributed by atoms with Crippen LogP contribution in [0.25, 0.3) is 0 Å². The third kappa shape index (κ3) is 2.88. The first-order chi connectivity index (χ1) is 4.72. The van der Waals surface area contributed by atoms with Crippen LogP contribution < -0.4 is 0 Å². The van der Waals surface area contributed by atoms with Gasteiger partial charge in [0.05, 0.1) is 6.07 Å². The summed E-state index contributed by atoms with van der Waals surface area (Å²) in [5.41, 5.74) is 1.44. The summed E-state index contributed by atoms with van der Waals surface area (Å²) < 4.78 is 0. The molecule has 0 aromatic rings. The topological polar surface area (TPSA) is 23.8 Å². The van der Waals surface area contributed by atoms with Crippen molar-refractivity contribution in [2.45, 2.75) is 13.8 Å². The molecule has 0 heterocycles. The second kappa shape index (κ2) is 4.58. The molecule has 0 aliphatic carbocycles. The largest absolute Gasteiger partial charge is 0.192 e. The molecule has 0 amide bonds. The number of hydrogen-bond acceptors (Lipinski definition) is 1. The van der Waals surface area contributed by atoms with Crippen molar-refractivity contribution < 1.29 is 0 Å². The van der Waals surface area contributed by atoms with Crippen molar-refractivity contribution in [2.24, 2.45) is 0 Å². The van der Waals surface area contributed by atoms with Gasteiger partial charge in [-0.1, -0.05) is 24.8 Å². The molecule has 10 heavy (non-hydrogen) atoms. The summed E-state index contributed by atoms with van der Waals surface area (Å²) in [4.78, 5) is 0. The third-order valence-electron chi connectivity index (χ3n) is 1.15. The van der Waals surface area contributed by atoms with E-state index in [1.165, 1.54) is 0 Å². The first-order valence-electron chi connectivity index (χ1n) is 3.11. The molecule has 0 unspecified atom stereocenters. The normalized spacial score (nSPS) is 11.5. The van der Waals surface area contributed by atoms with Crippen molar-refractivity contribution in [1.82, 2.24) is 0 Å². The first kappa shape index (κ1) is 8.71. The Morgan fingerprint density at radius 2 is 2.20 bits per heavy atom. The standard InChI is InChI=1S/C9H11N/c1-4-5-6-8(2)9(3)7-10/h4-6H,3H2,1-2H3/b5-4-,8-6-. The minimum Gasteiger partial charge on any atom is -0.192 e. The van der Waals surface area contributed by atoms with Gasteiger partial charge in [-0.3, -0.25) is 0 Å². The molecule has 0 bridgehead atoms. The van der Waals surface area contributed by atoms with Crippen LogP contribution in [0.15, 0.2) is 36.0 Å². The van der Waals surface area contributed by atoms with E-state index < -0.39 is 0 Å². The average Bonchev–Trinajstić information content (AvgIpc) is 1.98. The highest BCUT2D eigenvalue weighted by molar-refractivity contribution is 5.39. The van der Waals surface area contributed by atoms with Gasteiger partial charge in [-0.2, -0.15) is 5.26 Å². The second-order valence-corrected chi connectivity index (χ2v) is 1.97. The Morgan fingerprint density at radius 3 is 2.60 bits per heavy atom. The van der Waals surface area contributed by atoms with Crippen LogP contribution in [0.5, 0.6) is 0 Å². The SMILES string of the molecule is C=C(C#N)/C(C)=C\C=C/C. The van der Waals surface area contributed by atoms with Gasteiger partial charge in [0, 0.05) is 5.57 Å². The van der Waals surface area contributed by atoms with Crippen molar-refractivity contribution in [3.63, 3.8) is 0 Å². The molecular formula is C9H11N. The van der Waals surface area contributed by atoms with Crippen molar-refractivity contribution in [1.29, 1.82) is 5.26 Å². The van der Waals surface area contributed by atoms with Gasteiger partial charge in [0.2, 0.25) is 0 Å². The number of nitriles is 1. The van der Waals surface area contributed by atoms with Crippen molar-refractivity contribution in [2.75, 3.05) is 0 Å². The van der Waals surface area contributed by atoms with Crippen LogP contribution in [0, 0.1) is 11.3 Å². The Labute approximate surface area is 62.0 Å². The van der Waals surface area contributed by atoms with E-state index in [-0.39, 0.29) is 0 Å². The van der Waals surface area contributed by atoms with Gasteiger partial charge in [0.15, 0.2) is 0 Å². The summed E-state index contributed by atoms with van der Waals surface area (Å²) >= 11 is 0. The van der Waals surface area contributed by atoms with E-state index in [1.54, 1.807) is 0 Å². The maximum absolute atomic E-state index is 8.39. The van der Waals surface area contributed by atoms with Gasteiger partial charge in [-0.05, 0) is 19.4 Å². The molecule has 1 nitrogen and oxygen atoms in total. The van der Waals surface area contributed by atoms with Gasteiger partial charge in [0.25, 0.3) is 0 Å². The molecule has 0 fully saturated rings. The molecule has 0 aromatic heterocycles. The summed E-state index contributed by atoms with van der Waals surface area (Å²) in [5.74, 6) is 0. The summed E-state index contributed by atoms with van der Waals surface area (Å²) in [6.45, 7) is 7.36. The summed E-state index contributed by atoms with van der Waals surface area (Å²) in [6, 6.07) is 1.98. The van der Waals surface area contributed by atoms with Crippen molar-refractivity contribution in [3.8, 4) is 6.07 Å². The molecule has 0 aliphatic heterocycles. The van der Waals surface area contributed by atoms with Crippen LogP contribution in [0.3, 0.4) is 0 Å². The van der Waals surface area contributed by atoms with E-state index in [2.05, 4.69) is 6.58 Å². The molecule has 0 atom stereocenters. The fourth-order valence-corrected chi connectivity index (χ4v) is 0.429. The van der Waals surface area contributed by atoms with E-state index in [4.69, 9.17) is 5.26 Å². The van der Waals surface area contributed by atoms with Crippen molar-refractivity contribution >= 4 is 0 Å². The molecule has 0 radical (unpaired) electrons. The minimum absolute atomic E-state index is 0.526. The van der Waals surface area contributed by atoms with Crippen LogP contribution >= 0.6 is 0 Å². The Morgan fingerprint density at radius 1 is 1.60 bits per heavy atom. The zero-order valence-electron chi connectivity index (χ0n) is 6.39. The van der Waals surface area contributed by atoms with Gasteiger partial charge in [0.1, 0.15) is 0 Å². The van der Waals surface area contributed by atoms with Gasteiger partial charge in [-0.15, -0.1) is 0 Å². The predicted molar refractivity (Wildman–Crippen MR) is 43.3 cm³/mol. The van der Waals surface area contributed by atoms with Crippen LogP contribution in [-0.2, 0) is 0 Å². The van der Waals surface area contributed by atoms with E-state index in [9.17, 15) is 0 Å². The lowest BCUT2D eigenvalue weighted by Gasteiger charge is -1.90. The summed E-state index contributed by atoms with van der Waals surface area (Å²) in [7, 11) is 0. The molecular weight excluding hydrogens is 122 g/mol. The maximum atomic E-state index is 8.39. The fourth-order valence-electron chi connectivity index (χ4n) is 0.429. The zero-order valence-corrected chi connectivity index (χ0v) is 6.39. The smallest absolute Gasteiger partial charge is 0.0988 e. The average molecular weight is 133 g/mol. The quantitative estimate of drug-likeness (QED) is 0.419. The number of hydrogen-bond donors (Lipinski definition) is 0. The van der Waals surface area contributed by atoms with E-state index in [0.29, 0.717) is 5.57 Å². The Balaban J connectivity index is 4.23. The zero-order chi connectivity index (χ0) is 7.98. The minimum atomic E-state index is 0.526. The first-order valence-corrected chi connectivity index (χ1v) is 3.11. The molecule has 0 rings (SSSR count). The van der Waals surface area contributed by atoms with Crippen LogP contribution in [0.2, 0.25) is 0 Å². The summed E-state index contributed by atoms with van der Waals surface area (Å²) in [5, 5.41) is 8.39. The molecule has 0 spiro atoms. The van der Waals surface area contributed by atoms with Gasteiger partial charge in [-0.25, -0.2) is 0 Å². The van der Waals surface area contributed by atoms with Crippen molar-refractivity contribution in [3.05, 3.63) is 36.0 Å². The van der Waals surface area contributed by atoms with Gasteiger partial charge >= 0.3 is 0 Å². The van der Waals surface area contributed by atoms with Gasteiger partial charge < -0.3 is 0 Å². The Hall–Kier alpha value is -1.29. The Bertz CT molecular complexity index is 213. The Kier molecular flexibility index (Phi) is 3.99. The number of rotatable bonds is 2. The van der Waals surface area contributed by atoms with E-state index >= 15 is 0 Å². The lowest BCUT2D eigenvalue weighted by Crippen LogP contribution is -1.75. The summed E-state index contributed by atoms with van der Waals surface area (Å²) in [6.07, 6.45) is 5.66. The van der Waals surface area contributed by atoms with Crippen LogP contribution in [0.4, 0.5) is 0 Å².